The summed E-state index contributed by atoms with van der Waals surface area (Å²) in [4.78, 5) is 0. The van der Waals surface area contributed by atoms with Crippen LogP contribution in [0.1, 0.15) is 23.6 Å². The maximum absolute atomic E-state index is 6.18. The molecule has 3 heteroatoms. The van der Waals surface area contributed by atoms with Gasteiger partial charge in [-0.05, 0) is 48.7 Å². The first-order chi connectivity index (χ1) is 13.8. The number of hydrogen-bond donors (Lipinski definition) is 1. The maximum Gasteiger partial charge on any atom is 0.165 e. The Morgan fingerprint density at radius 3 is 2.29 bits per heavy atom. The smallest absolute Gasteiger partial charge is 0.165 e. The van der Waals surface area contributed by atoms with Crippen molar-refractivity contribution in [2.45, 2.75) is 26.5 Å². The van der Waals surface area contributed by atoms with Gasteiger partial charge in [0.2, 0.25) is 0 Å². The van der Waals surface area contributed by atoms with E-state index in [1.807, 2.05) is 49.4 Å². The Balaban J connectivity index is 1.83. The second-order valence-corrected chi connectivity index (χ2v) is 6.50. The molecule has 3 aromatic rings. The fourth-order valence-corrected chi connectivity index (χ4v) is 3.05. The molecule has 0 amide bonds. The molecule has 3 nitrogen and oxygen atoms in total. The van der Waals surface area contributed by atoms with Crippen molar-refractivity contribution in [3.63, 3.8) is 0 Å². The van der Waals surface area contributed by atoms with Gasteiger partial charge in [0, 0.05) is 17.8 Å². The van der Waals surface area contributed by atoms with Gasteiger partial charge in [0.25, 0.3) is 0 Å². The van der Waals surface area contributed by atoms with E-state index in [0.29, 0.717) is 19.8 Å². The summed E-state index contributed by atoms with van der Waals surface area (Å²) in [7, 11) is 0. The summed E-state index contributed by atoms with van der Waals surface area (Å²) in [5.41, 5.74) is 4.46. The van der Waals surface area contributed by atoms with Crippen molar-refractivity contribution in [2.75, 3.05) is 11.9 Å². The van der Waals surface area contributed by atoms with E-state index in [2.05, 4.69) is 48.3 Å². The Bertz CT molecular complexity index is 876. The largest absolute Gasteiger partial charge is 0.490 e. The van der Waals surface area contributed by atoms with Gasteiger partial charge in [-0.3, -0.25) is 0 Å². The van der Waals surface area contributed by atoms with E-state index in [-0.39, 0.29) is 0 Å². The van der Waals surface area contributed by atoms with E-state index in [1.54, 1.807) is 0 Å². The van der Waals surface area contributed by atoms with E-state index in [4.69, 9.17) is 9.47 Å². The molecule has 0 aliphatic carbocycles. The molecule has 0 spiro atoms. The molecular weight excluding hydrogens is 346 g/mol. The average Bonchev–Trinajstić information content (AvgIpc) is 2.73. The lowest BCUT2D eigenvalue weighted by Crippen LogP contribution is -2.06. The van der Waals surface area contributed by atoms with Crippen LogP contribution < -0.4 is 14.8 Å². The molecule has 0 fully saturated rings. The van der Waals surface area contributed by atoms with Crippen LogP contribution in [0.5, 0.6) is 11.5 Å². The van der Waals surface area contributed by atoms with Gasteiger partial charge < -0.3 is 14.8 Å². The first kappa shape index (κ1) is 19.6. The molecule has 0 aliphatic heterocycles. The molecule has 0 heterocycles. The van der Waals surface area contributed by atoms with E-state index in [9.17, 15) is 0 Å². The van der Waals surface area contributed by atoms with Crippen LogP contribution >= 0.6 is 0 Å². The van der Waals surface area contributed by atoms with Crippen LogP contribution in [0, 0.1) is 0 Å². The van der Waals surface area contributed by atoms with Gasteiger partial charge in [0.05, 0.1) is 6.61 Å². The van der Waals surface area contributed by atoms with Crippen LogP contribution in [-0.2, 0) is 19.6 Å². The van der Waals surface area contributed by atoms with Gasteiger partial charge in [-0.15, -0.1) is 6.58 Å². The zero-order chi connectivity index (χ0) is 19.6. The molecule has 0 aliphatic rings. The van der Waals surface area contributed by atoms with Crippen molar-refractivity contribution in [3.05, 3.63) is 102 Å². The molecule has 0 unspecified atom stereocenters. The lowest BCUT2D eigenvalue weighted by Gasteiger charge is -2.18. The van der Waals surface area contributed by atoms with Gasteiger partial charge in [0.15, 0.2) is 11.5 Å². The Morgan fingerprint density at radius 2 is 1.61 bits per heavy atom. The number of benzene rings is 3. The molecule has 28 heavy (non-hydrogen) atoms. The summed E-state index contributed by atoms with van der Waals surface area (Å²) in [6, 6.07) is 24.6. The van der Waals surface area contributed by atoms with Gasteiger partial charge in [-0.25, -0.2) is 0 Å². The zero-order valence-electron chi connectivity index (χ0n) is 16.4. The molecule has 0 atom stereocenters. The number of para-hydroxylation sites is 1. The predicted molar refractivity (Wildman–Crippen MR) is 116 cm³/mol. The van der Waals surface area contributed by atoms with E-state index >= 15 is 0 Å². The van der Waals surface area contributed by atoms with Crippen LogP contribution in [0.15, 0.2) is 85.5 Å². The van der Waals surface area contributed by atoms with Gasteiger partial charge in [0.1, 0.15) is 6.61 Å². The first-order valence-corrected chi connectivity index (χ1v) is 9.65. The van der Waals surface area contributed by atoms with Crippen molar-refractivity contribution < 1.29 is 9.47 Å². The van der Waals surface area contributed by atoms with E-state index in [0.717, 1.165) is 40.3 Å². The summed E-state index contributed by atoms with van der Waals surface area (Å²) in [6.07, 6.45) is 2.62. The monoisotopic (exact) mass is 373 g/mol. The number of allylic oxidation sites excluding steroid dienone is 1. The standard InChI is InChI=1S/C25H27NO2/c1-3-11-22-16-21(18-26-23-14-9-6-10-15-23)17-24(27-4-2)25(22)28-19-20-12-7-5-8-13-20/h3,5-10,12-17,26H,1,4,11,18-19H2,2H3. The van der Waals surface area contributed by atoms with Crippen LogP contribution in [0.3, 0.4) is 0 Å². The summed E-state index contributed by atoms with van der Waals surface area (Å²) >= 11 is 0. The topological polar surface area (TPSA) is 30.5 Å². The second-order valence-electron chi connectivity index (χ2n) is 6.50. The third kappa shape index (κ3) is 5.40. The average molecular weight is 373 g/mol. The van der Waals surface area contributed by atoms with Gasteiger partial charge >= 0.3 is 0 Å². The second kappa shape index (κ2) is 10.2. The first-order valence-electron chi connectivity index (χ1n) is 9.65. The minimum absolute atomic E-state index is 0.507. The molecule has 0 saturated carbocycles. The Labute approximate surface area is 167 Å². The third-order valence-corrected chi connectivity index (χ3v) is 4.35. The molecule has 0 radical (unpaired) electrons. The van der Waals surface area contributed by atoms with Crippen LogP contribution in [-0.4, -0.2) is 6.61 Å². The molecule has 3 rings (SSSR count). The number of ether oxygens (including phenoxy) is 2. The lowest BCUT2D eigenvalue weighted by molar-refractivity contribution is 0.267. The fourth-order valence-electron chi connectivity index (χ4n) is 3.05. The molecule has 0 saturated heterocycles. The van der Waals surface area contributed by atoms with Crippen molar-refractivity contribution in [1.82, 2.24) is 0 Å². The van der Waals surface area contributed by atoms with E-state index in [1.165, 1.54) is 0 Å². The molecule has 0 bridgehead atoms. The lowest BCUT2D eigenvalue weighted by atomic mass is 10.1. The number of anilines is 1. The van der Waals surface area contributed by atoms with Crippen LogP contribution in [0.25, 0.3) is 0 Å². The van der Waals surface area contributed by atoms with E-state index < -0.39 is 0 Å². The highest BCUT2D eigenvalue weighted by molar-refractivity contribution is 5.52. The van der Waals surface area contributed by atoms with Crippen molar-refractivity contribution in [1.29, 1.82) is 0 Å². The molecule has 1 N–H and O–H groups in total. The minimum Gasteiger partial charge on any atom is -0.490 e. The third-order valence-electron chi connectivity index (χ3n) is 4.35. The zero-order valence-corrected chi connectivity index (χ0v) is 16.4. The quantitative estimate of drug-likeness (QED) is 0.442. The maximum atomic E-state index is 6.18. The molecule has 144 valence electrons. The molecular formula is C25H27NO2. The highest BCUT2D eigenvalue weighted by Gasteiger charge is 2.14. The van der Waals surface area contributed by atoms with Crippen molar-refractivity contribution >= 4 is 5.69 Å². The van der Waals surface area contributed by atoms with Crippen LogP contribution in [0.2, 0.25) is 0 Å². The molecule has 3 aromatic carbocycles. The van der Waals surface area contributed by atoms with Crippen LogP contribution in [0.4, 0.5) is 5.69 Å². The Hall–Kier alpha value is -3.20. The number of hydrogen-bond acceptors (Lipinski definition) is 3. The van der Waals surface area contributed by atoms with Crippen molar-refractivity contribution in [2.24, 2.45) is 0 Å². The predicted octanol–water partition coefficient (Wildman–Crippen LogP) is 6.00. The Morgan fingerprint density at radius 1 is 0.893 bits per heavy atom. The highest BCUT2D eigenvalue weighted by Crippen LogP contribution is 2.35. The summed E-state index contributed by atoms with van der Waals surface area (Å²) in [6.45, 7) is 7.70. The Kier molecular flexibility index (Phi) is 7.14. The minimum atomic E-state index is 0.507. The SMILES string of the molecule is C=CCc1cc(CNc2ccccc2)cc(OCC)c1OCc1ccccc1. The molecule has 0 aromatic heterocycles. The summed E-state index contributed by atoms with van der Waals surface area (Å²) in [5.74, 6) is 1.58. The van der Waals surface area contributed by atoms with Gasteiger partial charge in [-0.2, -0.15) is 0 Å². The summed E-state index contributed by atoms with van der Waals surface area (Å²) < 4.78 is 12.1. The highest BCUT2D eigenvalue weighted by atomic mass is 16.5. The van der Waals surface area contributed by atoms with Crippen molar-refractivity contribution in [3.8, 4) is 11.5 Å². The van der Waals surface area contributed by atoms with Gasteiger partial charge in [-0.1, -0.05) is 54.6 Å². The number of nitrogens with one attached hydrogen (secondary N) is 1. The number of rotatable bonds is 10. The summed E-state index contributed by atoms with van der Waals surface area (Å²) in [5, 5.41) is 3.45. The fraction of sp³-hybridized carbons (Fsp3) is 0.200. The normalized spacial score (nSPS) is 10.3.